The van der Waals surface area contributed by atoms with E-state index >= 15 is 0 Å². The maximum atomic E-state index is 4.89. The molecule has 1 unspecified atom stereocenters. The smallest absolute Gasteiger partial charge is 0.202 e. The van der Waals surface area contributed by atoms with Crippen molar-refractivity contribution >= 4 is 27.2 Å². The van der Waals surface area contributed by atoms with Crippen LogP contribution in [-0.2, 0) is 12.8 Å². The number of nitrogens with zero attached hydrogens (tertiary/aromatic N) is 5. The Bertz CT molecular complexity index is 1200. The van der Waals surface area contributed by atoms with Crippen LogP contribution in [0.3, 0.4) is 0 Å². The van der Waals surface area contributed by atoms with Crippen LogP contribution in [0.5, 0.6) is 0 Å². The molecule has 0 saturated heterocycles. The molecule has 2 aliphatic rings. The second-order valence-corrected chi connectivity index (χ2v) is 10.5. The van der Waals surface area contributed by atoms with Crippen LogP contribution in [0.4, 0.5) is 0 Å². The molecule has 0 aromatic carbocycles. The first kappa shape index (κ1) is 16.7. The van der Waals surface area contributed by atoms with Gasteiger partial charge < -0.3 is 0 Å². The van der Waals surface area contributed by atoms with Crippen LogP contribution >= 0.6 is 11.3 Å². The molecule has 0 spiro atoms. The molecule has 0 aliphatic heterocycles. The first-order valence-electron chi connectivity index (χ1n) is 10.2. The fourth-order valence-corrected chi connectivity index (χ4v) is 5.74. The molecule has 6 rings (SSSR count). The Hall–Kier alpha value is -2.28. The average molecular weight is 393 g/mol. The van der Waals surface area contributed by atoms with Crippen molar-refractivity contribution in [2.75, 3.05) is 0 Å². The molecule has 28 heavy (non-hydrogen) atoms. The molecule has 1 N–H and O–H groups in total. The van der Waals surface area contributed by atoms with Crippen molar-refractivity contribution in [3.63, 3.8) is 0 Å². The van der Waals surface area contributed by atoms with Gasteiger partial charge in [-0.1, -0.05) is 20.8 Å². The van der Waals surface area contributed by atoms with E-state index in [-0.39, 0.29) is 0 Å². The molecule has 4 aromatic rings. The summed E-state index contributed by atoms with van der Waals surface area (Å²) in [6, 6.07) is 2.11. The molecule has 1 saturated carbocycles. The molecule has 144 valence electrons. The zero-order valence-corrected chi connectivity index (χ0v) is 17.3. The van der Waals surface area contributed by atoms with Crippen LogP contribution in [-0.4, -0.2) is 29.8 Å². The largest absolute Gasteiger partial charge is 0.282 e. The molecular formula is C21H24N6S. The van der Waals surface area contributed by atoms with Crippen LogP contribution in [0, 0.1) is 11.3 Å². The summed E-state index contributed by atoms with van der Waals surface area (Å²) in [6.45, 7) is 7.07. The third kappa shape index (κ3) is 2.52. The van der Waals surface area contributed by atoms with Gasteiger partial charge in [-0.05, 0) is 55.1 Å². The lowest BCUT2D eigenvalue weighted by Crippen LogP contribution is -2.26. The average Bonchev–Trinajstić information content (AvgIpc) is 3.10. The second-order valence-electron chi connectivity index (χ2n) is 9.42. The van der Waals surface area contributed by atoms with E-state index in [4.69, 9.17) is 9.97 Å². The fourth-order valence-electron chi connectivity index (χ4n) is 4.48. The molecule has 0 bridgehead atoms. The molecule has 0 radical (unpaired) electrons. The number of nitrogens with one attached hydrogen (secondary N) is 1. The van der Waals surface area contributed by atoms with Crippen molar-refractivity contribution in [3.8, 4) is 11.5 Å². The van der Waals surface area contributed by atoms with Gasteiger partial charge in [0.05, 0.1) is 5.39 Å². The molecule has 6 nitrogen and oxygen atoms in total. The summed E-state index contributed by atoms with van der Waals surface area (Å²) in [5.41, 5.74) is 4.74. The van der Waals surface area contributed by atoms with Gasteiger partial charge in [0.2, 0.25) is 5.82 Å². The van der Waals surface area contributed by atoms with E-state index in [2.05, 4.69) is 42.1 Å². The topological polar surface area (TPSA) is 71.8 Å². The van der Waals surface area contributed by atoms with Gasteiger partial charge in [0.1, 0.15) is 16.9 Å². The minimum atomic E-state index is 0.345. The molecule has 0 amide bonds. The van der Waals surface area contributed by atoms with Crippen molar-refractivity contribution in [2.45, 2.75) is 58.8 Å². The van der Waals surface area contributed by atoms with E-state index in [1.165, 1.54) is 40.8 Å². The lowest BCUT2D eigenvalue weighted by atomic mass is 9.72. The Kier molecular flexibility index (Phi) is 3.35. The summed E-state index contributed by atoms with van der Waals surface area (Å²) in [5, 5.41) is 13.5. The maximum absolute atomic E-state index is 4.89. The number of hydrogen-bond acceptors (Lipinski definition) is 5. The van der Waals surface area contributed by atoms with Gasteiger partial charge in [0.15, 0.2) is 5.65 Å². The van der Waals surface area contributed by atoms with E-state index in [1.807, 2.05) is 15.9 Å². The number of H-pyrrole nitrogens is 1. The number of aromatic nitrogens is 6. The molecule has 1 fully saturated rings. The summed E-state index contributed by atoms with van der Waals surface area (Å²) in [6.07, 6.45) is 7.79. The zero-order valence-electron chi connectivity index (χ0n) is 16.5. The maximum Gasteiger partial charge on any atom is 0.202 e. The number of thiophene rings is 1. The third-order valence-corrected chi connectivity index (χ3v) is 7.62. The highest BCUT2D eigenvalue weighted by atomic mass is 32.1. The van der Waals surface area contributed by atoms with Gasteiger partial charge in [0, 0.05) is 16.5 Å². The van der Waals surface area contributed by atoms with Crippen molar-refractivity contribution in [2.24, 2.45) is 11.3 Å². The number of fused-ring (bicyclic) bond motifs is 5. The van der Waals surface area contributed by atoms with Crippen molar-refractivity contribution in [1.29, 1.82) is 0 Å². The summed E-state index contributed by atoms with van der Waals surface area (Å²) in [7, 11) is 0. The highest BCUT2D eigenvalue weighted by Crippen LogP contribution is 2.44. The van der Waals surface area contributed by atoms with Gasteiger partial charge in [-0.3, -0.25) is 5.10 Å². The summed E-state index contributed by atoms with van der Waals surface area (Å²) >= 11 is 1.84. The third-order valence-electron chi connectivity index (χ3n) is 6.45. The van der Waals surface area contributed by atoms with Crippen LogP contribution in [0.25, 0.3) is 27.4 Å². The Morgan fingerprint density at radius 2 is 2.07 bits per heavy atom. The van der Waals surface area contributed by atoms with Gasteiger partial charge in [-0.2, -0.15) is 5.10 Å². The number of rotatable bonds is 2. The second kappa shape index (κ2) is 5.63. The quantitative estimate of drug-likeness (QED) is 0.534. The Labute approximate surface area is 167 Å². The fraction of sp³-hybridized carbons (Fsp3) is 0.524. The Morgan fingerprint density at radius 3 is 2.86 bits per heavy atom. The predicted octanol–water partition coefficient (Wildman–Crippen LogP) is 4.76. The predicted molar refractivity (Wildman–Crippen MR) is 111 cm³/mol. The number of hydrogen-bond donors (Lipinski definition) is 1. The van der Waals surface area contributed by atoms with Crippen LogP contribution < -0.4 is 0 Å². The molecular weight excluding hydrogens is 368 g/mol. The first-order valence-corrected chi connectivity index (χ1v) is 11.0. The van der Waals surface area contributed by atoms with E-state index in [0.717, 1.165) is 34.9 Å². The molecule has 7 heteroatoms. The van der Waals surface area contributed by atoms with Gasteiger partial charge in [-0.15, -0.1) is 16.4 Å². The summed E-state index contributed by atoms with van der Waals surface area (Å²) in [4.78, 5) is 12.2. The number of aromatic amines is 1. The van der Waals surface area contributed by atoms with E-state index in [1.54, 1.807) is 6.33 Å². The molecule has 1 atom stereocenters. The Balaban J connectivity index is 1.46. The number of aryl methyl sites for hydroxylation is 1. The van der Waals surface area contributed by atoms with Crippen LogP contribution in [0.2, 0.25) is 0 Å². The summed E-state index contributed by atoms with van der Waals surface area (Å²) in [5.74, 6) is 2.05. The normalized spacial score (nSPS) is 20.2. The highest BCUT2D eigenvalue weighted by molar-refractivity contribution is 7.19. The zero-order chi connectivity index (χ0) is 19.0. The van der Waals surface area contributed by atoms with Crippen LogP contribution in [0.1, 0.15) is 62.1 Å². The van der Waals surface area contributed by atoms with Gasteiger partial charge in [0.25, 0.3) is 0 Å². The standard InChI is InChI=1S/C21H24N6S/c1-21(2,3)12-6-7-13-16(8-12)28-20-17(13)19-23-18(26-27(19)10-22-20)15-9-14(24-25-15)11-4-5-11/h9-12H,4-8H2,1-3H3,(H,24,25). The SMILES string of the molecule is CC(C)(C)C1CCc2c(sc3ncn4nc(-c5cc(C6CC6)[nH]n5)nc4c23)C1. The van der Waals surface area contributed by atoms with E-state index in [0.29, 0.717) is 17.2 Å². The Morgan fingerprint density at radius 1 is 1.21 bits per heavy atom. The monoisotopic (exact) mass is 392 g/mol. The van der Waals surface area contributed by atoms with Gasteiger partial charge in [-0.25, -0.2) is 14.5 Å². The van der Waals surface area contributed by atoms with Crippen molar-refractivity contribution in [3.05, 3.63) is 28.5 Å². The highest BCUT2D eigenvalue weighted by Gasteiger charge is 2.32. The molecule has 2 aliphatic carbocycles. The molecule has 4 aromatic heterocycles. The minimum absolute atomic E-state index is 0.345. The van der Waals surface area contributed by atoms with Gasteiger partial charge >= 0.3 is 0 Å². The lowest BCUT2D eigenvalue weighted by Gasteiger charge is -2.33. The van der Waals surface area contributed by atoms with Crippen molar-refractivity contribution < 1.29 is 0 Å². The minimum Gasteiger partial charge on any atom is -0.282 e. The molecule has 4 heterocycles. The van der Waals surface area contributed by atoms with Crippen LogP contribution in [0.15, 0.2) is 12.4 Å². The lowest BCUT2D eigenvalue weighted by molar-refractivity contribution is 0.218. The van der Waals surface area contributed by atoms with E-state index < -0.39 is 0 Å². The van der Waals surface area contributed by atoms with E-state index in [9.17, 15) is 0 Å². The van der Waals surface area contributed by atoms with Crippen molar-refractivity contribution in [1.82, 2.24) is 29.8 Å². The summed E-state index contributed by atoms with van der Waals surface area (Å²) < 4.78 is 1.83. The first-order chi connectivity index (χ1) is 13.5.